The van der Waals surface area contributed by atoms with E-state index in [1.54, 1.807) is 0 Å². The predicted octanol–water partition coefficient (Wildman–Crippen LogP) is 7.56. The molecule has 1 N–H and O–H groups in total. The average Bonchev–Trinajstić information content (AvgIpc) is 3.34. The van der Waals surface area contributed by atoms with Gasteiger partial charge in [0.15, 0.2) is 5.60 Å². The molecule has 0 amide bonds. The quantitative estimate of drug-likeness (QED) is 0.279. The van der Waals surface area contributed by atoms with Gasteiger partial charge in [0.05, 0.1) is 11.1 Å². The van der Waals surface area contributed by atoms with Crippen molar-refractivity contribution in [1.82, 2.24) is 4.98 Å². The molecule has 5 aromatic rings. The van der Waals surface area contributed by atoms with E-state index in [0.717, 1.165) is 22.8 Å². The van der Waals surface area contributed by atoms with E-state index < -0.39 is 17.3 Å². The molecule has 0 aliphatic heterocycles. The van der Waals surface area contributed by atoms with Crippen LogP contribution in [0.2, 0.25) is 0 Å². The molecule has 5 rings (SSSR count). The lowest BCUT2D eigenvalue weighted by Crippen LogP contribution is -2.36. The van der Waals surface area contributed by atoms with Crippen LogP contribution in [0, 0.1) is 0 Å². The summed E-state index contributed by atoms with van der Waals surface area (Å²) in [5.41, 5.74) is 1.11. The monoisotopic (exact) mass is 443 g/mol. The number of nitrogens with one attached hydrogen (secondary N) is 1. The minimum atomic E-state index is -4.46. The van der Waals surface area contributed by atoms with E-state index in [2.05, 4.69) is 4.98 Å². The first-order valence-electron chi connectivity index (χ1n) is 10.5. The maximum absolute atomic E-state index is 13.6. The van der Waals surface area contributed by atoms with Crippen LogP contribution in [0.15, 0.2) is 115 Å². The van der Waals surface area contributed by atoms with Crippen LogP contribution in [-0.2, 0) is 11.8 Å². The number of fused-ring (bicyclic) bond motifs is 1. The van der Waals surface area contributed by atoms with Gasteiger partial charge >= 0.3 is 6.18 Å². The highest BCUT2D eigenvalue weighted by molar-refractivity contribution is 5.89. The molecule has 4 aromatic carbocycles. The van der Waals surface area contributed by atoms with Crippen LogP contribution in [0.1, 0.15) is 22.3 Å². The van der Waals surface area contributed by atoms with Crippen LogP contribution in [0.5, 0.6) is 5.75 Å². The summed E-state index contributed by atoms with van der Waals surface area (Å²) >= 11 is 0. The Balaban J connectivity index is 1.79. The minimum Gasteiger partial charge on any atom is -0.471 e. The number of aromatic amines is 1. The Bertz CT molecular complexity index is 1260. The lowest BCUT2D eigenvalue weighted by atomic mass is 9.80. The standard InChI is InChI=1S/C28H20F3NO/c29-28(30,31)24-16-17-25(26-23(24)18-19-32-26)33-27(20-10-4-1-5-11-20,21-12-6-2-7-13-21)22-14-8-3-9-15-22/h1-19,32H. The zero-order chi connectivity index (χ0) is 22.9. The summed E-state index contributed by atoms with van der Waals surface area (Å²) in [6, 6.07) is 33.0. The van der Waals surface area contributed by atoms with Crippen molar-refractivity contribution < 1.29 is 17.9 Å². The smallest absolute Gasteiger partial charge is 0.417 e. The Morgan fingerprint density at radius 1 is 0.576 bits per heavy atom. The molecular formula is C28H20F3NO. The summed E-state index contributed by atoms with van der Waals surface area (Å²) in [5, 5.41) is 0.0723. The first-order valence-corrected chi connectivity index (χ1v) is 10.5. The van der Waals surface area contributed by atoms with E-state index >= 15 is 0 Å². The third kappa shape index (κ3) is 3.65. The van der Waals surface area contributed by atoms with Crippen molar-refractivity contribution >= 4 is 10.9 Å². The lowest BCUT2D eigenvalue weighted by Gasteiger charge is -2.36. The zero-order valence-electron chi connectivity index (χ0n) is 17.5. The number of H-pyrrole nitrogens is 1. The van der Waals surface area contributed by atoms with Gasteiger partial charge in [-0.25, -0.2) is 0 Å². The summed E-state index contributed by atoms with van der Waals surface area (Å²) in [7, 11) is 0. The summed E-state index contributed by atoms with van der Waals surface area (Å²) in [6.07, 6.45) is -2.96. The van der Waals surface area contributed by atoms with Gasteiger partial charge in [-0.15, -0.1) is 0 Å². The van der Waals surface area contributed by atoms with Gasteiger partial charge in [-0.05, 0) is 18.2 Å². The van der Waals surface area contributed by atoms with E-state index in [9.17, 15) is 13.2 Å². The molecule has 0 saturated carbocycles. The van der Waals surface area contributed by atoms with Gasteiger partial charge < -0.3 is 9.72 Å². The Kier molecular flexibility index (Phi) is 5.17. The number of aromatic nitrogens is 1. The number of halogens is 3. The van der Waals surface area contributed by atoms with Crippen molar-refractivity contribution in [2.24, 2.45) is 0 Å². The molecule has 0 spiro atoms. The Morgan fingerprint density at radius 2 is 1.06 bits per heavy atom. The molecule has 0 aliphatic rings. The van der Waals surface area contributed by atoms with Crippen molar-refractivity contribution in [3.63, 3.8) is 0 Å². The van der Waals surface area contributed by atoms with E-state index in [1.165, 1.54) is 18.3 Å². The molecule has 0 unspecified atom stereocenters. The molecule has 33 heavy (non-hydrogen) atoms. The Morgan fingerprint density at radius 3 is 1.52 bits per heavy atom. The van der Waals surface area contributed by atoms with Gasteiger partial charge in [-0.1, -0.05) is 91.0 Å². The van der Waals surface area contributed by atoms with Crippen LogP contribution in [-0.4, -0.2) is 4.98 Å². The van der Waals surface area contributed by atoms with Crippen molar-refractivity contribution in [3.8, 4) is 5.75 Å². The molecule has 0 atom stereocenters. The topological polar surface area (TPSA) is 25.0 Å². The van der Waals surface area contributed by atoms with Crippen LogP contribution >= 0.6 is 0 Å². The Labute approximate surface area is 189 Å². The molecule has 5 heteroatoms. The zero-order valence-corrected chi connectivity index (χ0v) is 17.5. The van der Waals surface area contributed by atoms with E-state index in [1.807, 2.05) is 91.0 Å². The largest absolute Gasteiger partial charge is 0.471 e. The summed E-state index contributed by atoms with van der Waals surface area (Å²) in [6.45, 7) is 0. The fraction of sp³-hybridized carbons (Fsp3) is 0.0714. The summed E-state index contributed by atoms with van der Waals surface area (Å²) in [5.74, 6) is 0.333. The SMILES string of the molecule is FC(F)(F)c1ccc(OC(c2ccccc2)(c2ccccc2)c2ccccc2)c2[nH]ccc12. The fourth-order valence-corrected chi connectivity index (χ4v) is 4.32. The van der Waals surface area contributed by atoms with Gasteiger partial charge in [0, 0.05) is 28.3 Å². The van der Waals surface area contributed by atoms with Gasteiger partial charge in [0.1, 0.15) is 5.75 Å². The molecule has 0 bridgehead atoms. The molecule has 164 valence electrons. The number of alkyl halides is 3. The second kappa shape index (κ2) is 8.17. The molecule has 1 aromatic heterocycles. The van der Waals surface area contributed by atoms with E-state index in [4.69, 9.17) is 4.74 Å². The molecule has 0 fully saturated rings. The van der Waals surface area contributed by atoms with Crippen LogP contribution in [0.4, 0.5) is 13.2 Å². The molecule has 1 heterocycles. The number of hydrogen-bond donors (Lipinski definition) is 1. The number of hydrogen-bond acceptors (Lipinski definition) is 1. The second-order valence-electron chi connectivity index (χ2n) is 7.76. The van der Waals surface area contributed by atoms with Gasteiger partial charge in [-0.3, -0.25) is 0 Å². The van der Waals surface area contributed by atoms with Crippen molar-refractivity contribution in [2.45, 2.75) is 11.8 Å². The Hall–Kier alpha value is -3.99. The highest BCUT2D eigenvalue weighted by Crippen LogP contribution is 2.44. The number of ether oxygens (including phenoxy) is 1. The fourth-order valence-electron chi connectivity index (χ4n) is 4.32. The van der Waals surface area contributed by atoms with E-state index in [0.29, 0.717) is 11.3 Å². The first-order chi connectivity index (χ1) is 16.0. The van der Waals surface area contributed by atoms with Crippen LogP contribution in [0.25, 0.3) is 10.9 Å². The predicted molar refractivity (Wildman–Crippen MR) is 123 cm³/mol. The highest BCUT2D eigenvalue weighted by Gasteiger charge is 2.40. The van der Waals surface area contributed by atoms with Gasteiger partial charge in [0.2, 0.25) is 0 Å². The summed E-state index contributed by atoms with van der Waals surface area (Å²) in [4.78, 5) is 2.95. The summed E-state index contributed by atoms with van der Waals surface area (Å²) < 4.78 is 47.6. The highest BCUT2D eigenvalue weighted by atomic mass is 19.4. The van der Waals surface area contributed by atoms with Crippen LogP contribution < -0.4 is 4.74 Å². The maximum atomic E-state index is 13.6. The normalized spacial score (nSPS) is 12.1. The van der Waals surface area contributed by atoms with Crippen molar-refractivity contribution in [1.29, 1.82) is 0 Å². The molecule has 0 aliphatic carbocycles. The lowest BCUT2D eigenvalue weighted by molar-refractivity contribution is -0.136. The van der Waals surface area contributed by atoms with Gasteiger partial charge in [-0.2, -0.15) is 13.2 Å². The van der Waals surface area contributed by atoms with Crippen LogP contribution in [0.3, 0.4) is 0 Å². The maximum Gasteiger partial charge on any atom is 0.417 e. The number of rotatable bonds is 5. The second-order valence-corrected chi connectivity index (χ2v) is 7.76. The third-order valence-electron chi connectivity index (χ3n) is 5.79. The average molecular weight is 443 g/mol. The third-order valence-corrected chi connectivity index (χ3v) is 5.79. The molecule has 0 saturated heterocycles. The molecular weight excluding hydrogens is 423 g/mol. The number of benzene rings is 4. The van der Waals surface area contributed by atoms with Crippen molar-refractivity contribution in [3.05, 3.63) is 138 Å². The van der Waals surface area contributed by atoms with Crippen molar-refractivity contribution in [2.75, 3.05) is 0 Å². The molecule has 2 nitrogen and oxygen atoms in total. The minimum absolute atomic E-state index is 0.0723. The van der Waals surface area contributed by atoms with E-state index in [-0.39, 0.29) is 5.39 Å². The van der Waals surface area contributed by atoms with Gasteiger partial charge in [0.25, 0.3) is 0 Å². The molecule has 0 radical (unpaired) electrons. The first kappa shape index (κ1) is 20.9.